The summed E-state index contributed by atoms with van der Waals surface area (Å²) >= 11 is 0. The van der Waals surface area contributed by atoms with E-state index in [9.17, 15) is 9.18 Å². The molecule has 0 N–H and O–H groups in total. The molecule has 0 aliphatic carbocycles. The van der Waals surface area contributed by atoms with Crippen LogP contribution in [0.4, 0.5) is 10.2 Å². The van der Waals surface area contributed by atoms with Gasteiger partial charge in [0.05, 0.1) is 5.69 Å². The van der Waals surface area contributed by atoms with E-state index in [-0.39, 0.29) is 17.6 Å². The molecule has 5 rings (SSSR count). The number of amides is 1. The van der Waals surface area contributed by atoms with Gasteiger partial charge in [0.1, 0.15) is 5.82 Å². The molecule has 1 fully saturated rings. The maximum absolute atomic E-state index is 13.5. The number of carbonyl (C=O) groups is 1. The van der Waals surface area contributed by atoms with Gasteiger partial charge < -0.3 is 9.80 Å². The number of piperidine rings is 1. The second-order valence-corrected chi connectivity index (χ2v) is 9.14. The number of carbonyl (C=O) groups excluding carboxylic acids is 1. The fraction of sp³-hybridized carbons (Fsp3) is 0.370. The summed E-state index contributed by atoms with van der Waals surface area (Å²) in [5.41, 5.74) is 1.90. The Morgan fingerprint density at radius 1 is 0.970 bits per heavy atom. The van der Waals surface area contributed by atoms with Crippen molar-refractivity contribution in [1.82, 2.24) is 15.1 Å². The van der Waals surface area contributed by atoms with Gasteiger partial charge in [-0.3, -0.25) is 4.79 Å². The average molecular weight is 445 g/mol. The molecule has 0 saturated carbocycles. The number of fused-ring (bicyclic) bond motifs is 1. The van der Waals surface area contributed by atoms with Crippen LogP contribution in [0.5, 0.6) is 0 Å². The Kier molecular flexibility index (Phi) is 6.07. The van der Waals surface area contributed by atoms with Gasteiger partial charge in [0.15, 0.2) is 5.82 Å². The lowest BCUT2D eigenvalue weighted by Crippen LogP contribution is -2.42. The van der Waals surface area contributed by atoms with Gasteiger partial charge in [-0.2, -0.15) is 5.10 Å². The van der Waals surface area contributed by atoms with Gasteiger partial charge >= 0.3 is 0 Å². The summed E-state index contributed by atoms with van der Waals surface area (Å²) in [6.45, 7) is 4.87. The molecule has 2 aliphatic heterocycles. The van der Waals surface area contributed by atoms with E-state index in [0.717, 1.165) is 60.2 Å². The average Bonchev–Trinajstić information content (AvgIpc) is 3.02. The molecule has 2 aromatic carbocycles. The molecule has 3 heterocycles. The molecule has 0 bridgehead atoms. The maximum Gasteiger partial charge on any atom is 0.226 e. The molecule has 0 radical (unpaired) electrons. The second kappa shape index (κ2) is 9.30. The highest BCUT2D eigenvalue weighted by Crippen LogP contribution is 2.34. The number of anilines is 1. The predicted octanol–water partition coefficient (Wildman–Crippen LogP) is 4.90. The quantitative estimate of drug-likeness (QED) is 0.537. The summed E-state index contributed by atoms with van der Waals surface area (Å²) in [5.74, 6) is 1.24. The van der Waals surface area contributed by atoms with Crippen molar-refractivity contribution < 1.29 is 9.18 Å². The predicted molar refractivity (Wildman–Crippen MR) is 128 cm³/mol. The van der Waals surface area contributed by atoms with Gasteiger partial charge in [0.25, 0.3) is 0 Å². The van der Waals surface area contributed by atoms with Gasteiger partial charge in [-0.05, 0) is 49.8 Å². The van der Waals surface area contributed by atoms with E-state index in [1.54, 1.807) is 12.1 Å². The topological polar surface area (TPSA) is 49.3 Å². The third-order valence-corrected chi connectivity index (χ3v) is 7.06. The number of nitrogens with zero attached hydrogens (tertiary/aromatic N) is 4. The van der Waals surface area contributed by atoms with Crippen LogP contribution in [0.3, 0.4) is 0 Å². The molecular weight excluding hydrogens is 415 g/mol. The van der Waals surface area contributed by atoms with E-state index >= 15 is 0 Å². The highest BCUT2D eigenvalue weighted by Gasteiger charge is 2.34. The lowest BCUT2D eigenvalue weighted by molar-refractivity contribution is -0.137. The number of benzene rings is 2. The van der Waals surface area contributed by atoms with Crippen LogP contribution >= 0.6 is 0 Å². The Balaban J connectivity index is 1.28. The number of hydrogen-bond donors (Lipinski definition) is 0. The van der Waals surface area contributed by atoms with E-state index < -0.39 is 0 Å². The lowest BCUT2D eigenvalue weighted by atomic mass is 9.81. The van der Waals surface area contributed by atoms with Gasteiger partial charge in [0.2, 0.25) is 5.91 Å². The number of aryl methyl sites for hydroxylation is 1. The second-order valence-electron chi connectivity index (χ2n) is 9.14. The number of halogens is 1. The highest BCUT2D eigenvalue weighted by molar-refractivity contribution is 5.93. The number of rotatable bonds is 4. The molecule has 170 valence electrons. The molecular formula is C27H29FN4O. The summed E-state index contributed by atoms with van der Waals surface area (Å²) in [6, 6.07) is 14.7. The van der Waals surface area contributed by atoms with Crippen LogP contribution < -0.4 is 4.90 Å². The van der Waals surface area contributed by atoms with E-state index in [0.29, 0.717) is 19.0 Å². The van der Waals surface area contributed by atoms with Crippen molar-refractivity contribution in [3.63, 3.8) is 0 Å². The van der Waals surface area contributed by atoms with Crippen LogP contribution in [-0.2, 0) is 11.3 Å². The van der Waals surface area contributed by atoms with Crippen molar-refractivity contribution in [3.8, 4) is 0 Å². The zero-order chi connectivity index (χ0) is 22.8. The van der Waals surface area contributed by atoms with Gasteiger partial charge in [0, 0.05) is 42.9 Å². The highest BCUT2D eigenvalue weighted by atomic mass is 19.1. The van der Waals surface area contributed by atoms with Crippen LogP contribution in [0, 0.1) is 24.6 Å². The molecule has 1 aromatic heterocycles. The molecule has 2 aliphatic rings. The summed E-state index contributed by atoms with van der Waals surface area (Å²) < 4.78 is 13.3. The first kappa shape index (κ1) is 21.6. The van der Waals surface area contributed by atoms with Crippen molar-refractivity contribution in [2.75, 3.05) is 24.5 Å². The van der Waals surface area contributed by atoms with E-state index in [2.05, 4.69) is 39.4 Å². The molecule has 3 aromatic rings. The fourth-order valence-corrected chi connectivity index (χ4v) is 5.19. The van der Waals surface area contributed by atoms with E-state index in [1.165, 1.54) is 12.1 Å². The molecule has 1 amide bonds. The molecule has 0 unspecified atom stereocenters. The van der Waals surface area contributed by atoms with Crippen molar-refractivity contribution in [1.29, 1.82) is 0 Å². The zero-order valence-electron chi connectivity index (χ0n) is 19.0. The van der Waals surface area contributed by atoms with Crippen molar-refractivity contribution in [2.45, 2.75) is 32.7 Å². The van der Waals surface area contributed by atoms with E-state index in [1.807, 2.05) is 24.0 Å². The monoisotopic (exact) mass is 444 g/mol. The number of hydrogen-bond acceptors (Lipinski definition) is 4. The van der Waals surface area contributed by atoms with Crippen molar-refractivity contribution >= 4 is 22.5 Å². The smallest absolute Gasteiger partial charge is 0.226 e. The third kappa shape index (κ3) is 4.47. The van der Waals surface area contributed by atoms with E-state index in [4.69, 9.17) is 0 Å². The van der Waals surface area contributed by atoms with Crippen molar-refractivity contribution in [3.05, 3.63) is 77.8 Å². The van der Waals surface area contributed by atoms with Crippen LogP contribution in [0.15, 0.2) is 60.7 Å². The van der Waals surface area contributed by atoms with Gasteiger partial charge in [-0.1, -0.05) is 48.6 Å². The molecule has 1 saturated heterocycles. The molecule has 5 nitrogen and oxygen atoms in total. The minimum Gasteiger partial charge on any atom is -0.355 e. The molecule has 6 heteroatoms. The number of allylic oxidation sites excluding steroid dienone is 1. The Morgan fingerprint density at radius 3 is 2.45 bits per heavy atom. The minimum absolute atomic E-state index is 0.00723. The van der Waals surface area contributed by atoms with Gasteiger partial charge in [-0.15, -0.1) is 5.10 Å². The Labute approximate surface area is 193 Å². The first-order chi connectivity index (χ1) is 16.1. The van der Waals surface area contributed by atoms with Crippen LogP contribution in [0.25, 0.3) is 10.8 Å². The standard InChI is InChI=1S/C27H29FN4O/c1-19-23-6-2-3-8-25(23)26(30-29-19)31-16-13-21(14-17-31)24-7-4-5-15-32(27(24)33)18-20-9-11-22(28)12-10-20/h2-6,8-12,21,24H,7,13-18H2,1H3/t24-/m1/s1. The lowest BCUT2D eigenvalue weighted by Gasteiger charge is -2.37. The SMILES string of the molecule is Cc1nnc(N2CCC([C@H]3CC=CCN(Cc4ccc(F)cc4)C3=O)CC2)c2ccccc12. The van der Waals surface area contributed by atoms with Crippen LogP contribution in [0.1, 0.15) is 30.5 Å². The summed E-state index contributed by atoms with van der Waals surface area (Å²) in [4.78, 5) is 17.7. The minimum atomic E-state index is -0.253. The number of aromatic nitrogens is 2. The van der Waals surface area contributed by atoms with Crippen LogP contribution in [-0.4, -0.2) is 40.6 Å². The largest absolute Gasteiger partial charge is 0.355 e. The molecule has 33 heavy (non-hydrogen) atoms. The Hall–Kier alpha value is -3.28. The normalized spacial score (nSPS) is 19.8. The summed E-state index contributed by atoms with van der Waals surface area (Å²) in [5, 5.41) is 11.2. The Bertz CT molecular complexity index is 1170. The Morgan fingerprint density at radius 2 is 1.70 bits per heavy atom. The van der Waals surface area contributed by atoms with Gasteiger partial charge in [-0.25, -0.2) is 4.39 Å². The molecule has 1 atom stereocenters. The zero-order valence-corrected chi connectivity index (χ0v) is 19.0. The first-order valence-corrected chi connectivity index (χ1v) is 11.8. The summed E-state index contributed by atoms with van der Waals surface area (Å²) in [7, 11) is 0. The fourth-order valence-electron chi connectivity index (χ4n) is 5.19. The van der Waals surface area contributed by atoms with Crippen LogP contribution in [0.2, 0.25) is 0 Å². The van der Waals surface area contributed by atoms with Crippen molar-refractivity contribution in [2.24, 2.45) is 11.8 Å². The molecule has 0 spiro atoms. The summed E-state index contributed by atoms with van der Waals surface area (Å²) in [6.07, 6.45) is 6.94. The maximum atomic E-state index is 13.5. The first-order valence-electron chi connectivity index (χ1n) is 11.8. The third-order valence-electron chi connectivity index (χ3n) is 7.06.